The van der Waals surface area contributed by atoms with Gasteiger partial charge >= 0.3 is 0 Å². The molecular formula is C21H23NO3. The molecule has 0 fully saturated rings. The Balaban J connectivity index is 1.71. The van der Waals surface area contributed by atoms with Crippen molar-refractivity contribution in [2.75, 3.05) is 0 Å². The van der Waals surface area contributed by atoms with Gasteiger partial charge in [-0.2, -0.15) is 0 Å². The third kappa shape index (κ3) is 3.94. The monoisotopic (exact) mass is 337 g/mol. The minimum absolute atomic E-state index is 0.311. The van der Waals surface area contributed by atoms with Gasteiger partial charge in [-0.3, -0.25) is 0 Å². The topological polar surface area (TPSA) is 43.0 Å². The predicted octanol–water partition coefficient (Wildman–Crippen LogP) is 5.19. The normalized spacial score (nSPS) is 21.8. The van der Waals surface area contributed by atoms with E-state index in [0.717, 1.165) is 29.7 Å². The molecule has 0 spiro atoms. The number of rotatable bonds is 5. The van der Waals surface area contributed by atoms with Crippen LogP contribution in [0, 0.1) is 6.57 Å². The number of aliphatic hydroxyl groups excluding tert-OH is 1. The number of benzene rings is 2. The first-order valence-corrected chi connectivity index (χ1v) is 8.63. The number of hydrogen-bond acceptors (Lipinski definition) is 3. The van der Waals surface area contributed by atoms with Crippen LogP contribution in [0.2, 0.25) is 0 Å². The third-order valence-electron chi connectivity index (χ3n) is 4.57. The van der Waals surface area contributed by atoms with Gasteiger partial charge < -0.3 is 14.6 Å². The Morgan fingerprint density at radius 1 is 1.28 bits per heavy atom. The average Bonchev–Trinajstić information content (AvgIpc) is 2.60. The zero-order valence-electron chi connectivity index (χ0n) is 14.7. The molecule has 3 rings (SSSR count). The summed E-state index contributed by atoms with van der Waals surface area (Å²) in [6.45, 7) is 11.6. The van der Waals surface area contributed by atoms with E-state index in [0.29, 0.717) is 24.5 Å². The second-order valence-electron chi connectivity index (χ2n) is 6.79. The van der Waals surface area contributed by atoms with Gasteiger partial charge in [-0.1, -0.05) is 37.6 Å². The molecule has 1 heterocycles. The largest absolute Gasteiger partial charge is 0.489 e. The van der Waals surface area contributed by atoms with Crippen LogP contribution in [-0.4, -0.2) is 10.7 Å². The molecule has 2 aromatic rings. The zero-order chi connectivity index (χ0) is 17.9. The summed E-state index contributed by atoms with van der Waals surface area (Å²) in [7, 11) is 0. The Morgan fingerprint density at radius 2 is 2.04 bits per heavy atom. The highest BCUT2D eigenvalue weighted by Gasteiger charge is 2.36. The zero-order valence-corrected chi connectivity index (χ0v) is 14.7. The van der Waals surface area contributed by atoms with Gasteiger partial charge in [0.05, 0.1) is 12.7 Å². The molecule has 0 aliphatic carbocycles. The lowest BCUT2D eigenvalue weighted by molar-refractivity contribution is -0.00754. The summed E-state index contributed by atoms with van der Waals surface area (Å²) >= 11 is 0. The van der Waals surface area contributed by atoms with Crippen molar-refractivity contribution in [2.24, 2.45) is 0 Å². The third-order valence-corrected chi connectivity index (χ3v) is 4.57. The van der Waals surface area contributed by atoms with Crippen molar-refractivity contribution >= 4 is 5.69 Å². The Morgan fingerprint density at radius 3 is 2.72 bits per heavy atom. The van der Waals surface area contributed by atoms with Crippen molar-refractivity contribution in [3.63, 3.8) is 0 Å². The van der Waals surface area contributed by atoms with Crippen molar-refractivity contribution in [3.05, 3.63) is 65.0 Å². The molecule has 0 radical (unpaired) electrons. The maximum atomic E-state index is 10.5. The highest BCUT2D eigenvalue weighted by molar-refractivity contribution is 5.46. The van der Waals surface area contributed by atoms with E-state index in [4.69, 9.17) is 16.0 Å². The molecule has 1 aliphatic rings. The fourth-order valence-electron chi connectivity index (χ4n) is 3.31. The predicted molar refractivity (Wildman–Crippen MR) is 97.0 cm³/mol. The van der Waals surface area contributed by atoms with Gasteiger partial charge in [0.2, 0.25) is 0 Å². The van der Waals surface area contributed by atoms with E-state index in [9.17, 15) is 5.11 Å². The van der Waals surface area contributed by atoms with E-state index in [1.807, 2.05) is 30.3 Å². The molecule has 0 amide bonds. The molecule has 0 saturated heterocycles. The van der Waals surface area contributed by atoms with E-state index < -0.39 is 6.10 Å². The van der Waals surface area contributed by atoms with Gasteiger partial charge in [0, 0.05) is 12.0 Å². The molecule has 25 heavy (non-hydrogen) atoms. The van der Waals surface area contributed by atoms with Crippen molar-refractivity contribution in [3.8, 4) is 11.5 Å². The fraction of sp³-hybridized carbons (Fsp3) is 0.381. The molecule has 0 saturated carbocycles. The summed E-state index contributed by atoms with van der Waals surface area (Å²) in [5.74, 6) is 1.44. The molecule has 1 N–H and O–H groups in total. The fourth-order valence-corrected chi connectivity index (χ4v) is 3.31. The van der Waals surface area contributed by atoms with Crippen molar-refractivity contribution in [1.82, 2.24) is 0 Å². The highest BCUT2D eigenvalue weighted by atomic mass is 16.5. The lowest BCUT2D eigenvalue weighted by atomic mass is 9.87. The van der Waals surface area contributed by atoms with Crippen molar-refractivity contribution in [1.29, 1.82) is 0 Å². The molecule has 1 aliphatic heterocycles. The van der Waals surface area contributed by atoms with E-state index in [1.165, 1.54) is 0 Å². The first kappa shape index (κ1) is 17.3. The SMILES string of the molecule is [C-]#[N+]c1ccc(COc2ccc3c(c2)C(O)CC(C)(CCC)O3)cc1. The molecule has 0 aromatic heterocycles. The van der Waals surface area contributed by atoms with E-state index in [1.54, 1.807) is 12.1 Å². The molecule has 2 unspecified atom stereocenters. The summed E-state index contributed by atoms with van der Waals surface area (Å²) in [4.78, 5) is 3.38. The second kappa shape index (κ2) is 7.16. The summed E-state index contributed by atoms with van der Waals surface area (Å²) in [6.07, 6.45) is 1.99. The van der Waals surface area contributed by atoms with Crippen molar-refractivity contribution < 1.29 is 14.6 Å². The molecule has 4 nitrogen and oxygen atoms in total. The maximum Gasteiger partial charge on any atom is 0.187 e. The number of nitrogens with zero attached hydrogens (tertiary/aromatic N) is 1. The minimum Gasteiger partial charge on any atom is -0.489 e. The van der Waals surface area contributed by atoms with Crippen LogP contribution in [-0.2, 0) is 6.61 Å². The molecule has 2 atom stereocenters. The molecule has 0 bridgehead atoms. The molecule has 2 aromatic carbocycles. The Hall–Kier alpha value is -2.51. The second-order valence-corrected chi connectivity index (χ2v) is 6.79. The number of ether oxygens (including phenoxy) is 2. The standard InChI is InChI=1S/C21H23NO3/c1-4-11-21(2)13-19(23)18-12-17(9-10-20(18)25-21)24-14-15-5-7-16(22-3)8-6-15/h5-10,12,19,23H,4,11,13-14H2,1-2H3. The van der Waals surface area contributed by atoms with Crippen LogP contribution < -0.4 is 9.47 Å². The van der Waals surface area contributed by atoms with Gasteiger partial charge in [-0.05, 0) is 37.1 Å². The van der Waals surface area contributed by atoms with Crippen LogP contribution in [0.25, 0.3) is 4.85 Å². The minimum atomic E-state index is -0.540. The number of fused-ring (bicyclic) bond motifs is 1. The van der Waals surface area contributed by atoms with E-state index in [-0.39, 0.29) is 5.60 Å². The van der Waals surface area contributed by atoms with Gasteiger partial charge in [0.15, 0.2) is 5.69 Å². The number of aliphatic hydroxyl groups is 1. The Labute approximate surface area is 148 Å². The Bertz CT molecular complexity index is 779. The molecule has 4 heteroatoms. The lowest BCUT2D eigenvalue weighted by Gasteiger charge is -2.38. The first-order valence-electron chi connectivity index (χ1n) is 8.63. The maximum absolute atomic E-state index is 10.5. The summed E-state index contributed by atoms with van der Waals surface area (Å²) in [5, 5.41) is 10.5. The summed E-state index contributed by atoms with van der Waals surface area (Å²) < 4.78 is 12.0. The van der Waals surface area contributed by atoms with Crippen LogP contribution in [0.5, 0.6) is 11.5 Å². The smallest absolute Gasteiger partial charge is 0.187 e. The Kier molecular flexibility index (Phi) is 4.96. The van der Waals surface area contributed by atoms with Crippen LogP contribution in [0.3, 0.4) is 0 Å². The highest BCUT2D eigenvalue weighted by Crippen LogP contribution is 2.42. The average molecular weight is 337 g/mol. The number of hydrogen-bond donors (Lipinski definition) is 1. The van der Waals surface area contributed by atoms with Crippen LogP contribution >= 0.6 is 0 Å². The van der Waals surface area contributed by atoms with E-state index in [2.05, 4.69) is 18.7 Å². The quantitative estimate of drug-likeness (QED) is 0.763. The molecule has 130 valence electrons. The van der Waals surface area contributed by atoms with Crippen molar-refractivity contribution in [2.45, 2.75) is 51.4 Å². The molecular weight excluding hydrogens is 314 g/mol. The van der Waals surface area contributed by atoms with Gasteiger partial charge in [-0.15, -0.1) is 0 Å². The summed E-state index contributed by atoms with van der Waals surface area (Å²) in [5.41, 5.74) is 2.09. The lowest BCUT2D eigenvalue weighted by Crippen LogP contribution is -2.37. The van der Waals surface area contributed by atoms with Gasteiger partial charge in [-0.25, -0.2) is 4.85 Å². The van der Waals surface area contributed by atoms with E-state index >= 15 is 0 Å². The van der Waals surface area contributed by atoms with Crippen LogP contribution in [0.1, 0.15) is 50.3 Å². The summed E-state index contributed by atoms with van der Waals surface area (Å²) in [6, 6.07) is 13.0. The van der Waals surface area contributed by atoms with Gasteiger partial charge in [0.1, 0.15) is 23.7 Å². The first-order chi connectivity index (χ1) is 12.0. The van der Waals surface area contributed by atoms with Crippen LogP contribution in [0.15, 0.2) is 42.5 Å². The van der Waals surface area contributed by atoms with Gasteiger partial charge in [0.25, 0.3) is 0 Å². The van der Waals surface area contributed by atoms with Crippen LogP contribution in [0.4, 0.5) is 5.69 Å².